The van der Waals surface area contributed by atoms with Gasteiger partial charge in [-0.05, 0) is 50.4 Å². The summed E-state index contributed by atoms with van der Waals surface area (Å²) in [6, 6.07) is 8.78. The van der Waals surface area contributed by atoms with Crippen molar-refractivity contribution in [3.8, 4) is 0 Å². The predicted molar refractivity (Wildman–Crippen MR) is 81.1 cm³/mol. The minimum atomic E-state index is 1.19. The maximum atomic E-state index is 2.64. The van der Waals surface area contributed by atoms with E-state index >= 15 is 0 Å². The van der Waals surface area contributed by atoms with E-state index in [0.717, 1.165) is 0 Å². The zero-order valence-electron chi connectivity index (χ0n) is 12.4. The molecule has 0 fully saturated rings. The van der Waals surface area contributed by atoms with Gasteiger partial charge in [-0.25, -0.2) is 0 Å². The van der Waals surface area contributed by atoms with Crippen molar-refractivity contribution in [1.29, 1.82) is 0 Å². The fourth-order valence-electron chi connectivity index (χ4n) is 2.27. The van der Waals surface area contributed by atoms with Gasteiger partial charge in [-0.3, -0.25) is 0 Å². The van der Waals surface area contributed by atoms with Gasteiger partial charge in [-0.2, -0.15) is 0 Å². The van der Waals surface area contributed by atoms with E-state index in [4.69, 9.17) is 0 Å². The van der Waals surface area contributed by atoms with Gasteiger partial charge in [-0.1, -0.05) is 51.0 Å². The minimum absolute atomic E-state index is 1.19. The van der Waals surface area contributed by atoms with Crippen LogP contribution in [0.4, 0.5) is 0 Å². The first-order valence-electron chi connectivity index (χ1n) is 7.54. The highest BCUT2D eigenvalue weighted by molar-refractivity contribution is 5.25. The third kappa shape index (κ3) is 5.68. The normalized spacial score (nSPS) is 11.1. The van der Waals surface area contributed by atoms with Crippen LogP contribution in [-0.2, 0) is 6.42 Å². The standard InChI is InChI=1S/C17H29N/c1-4-6-13-18(14-7-5-2)15-12-17-11-9-8-10-16(17)3/h8-11H,4-7,12-15H2,1-3H3. The van der Waals surface area contributed by atoms with Crippen LogP contribution in [0.15, 0.2) is 24.3 Å². The van der Waals surface area contributed by atoms with Crippen LogP contribution < -0.4 is 0 Å². The van der Waals surface area contributed by atoms with Gasteiger partial charge in [0.05, 0.1) is 0 Å². The van der Waals surface area contributed by atoms with Gasteiger partial charge in [0.15, 0.2) is 0 Å². The summed E-state index contributed by atoms with van der Waals surface area (Å²) in [6.07, 6.45) is 6.45. The maximum Gasteiger partial charge on any atom is 0.00219 e. The average molecular weight is 247 g/mol. The van der Waals surface area contributed by atoms with Crippen molar-refractivity contribution in [3.05, 3.63) is 35.4 Å². The van der Waals surface area contributed by atoms with Crippen LogP contribution >= 0.6 is 0 Å². The van der Waals surface area contributed by atoms with E-state index in [1.165, 1.54) is 62.9 Å². The topological polar surface area (TPSA) is 3.24 Å². The van der Waals surface area contributed by atoms with Crippen molar-refractivity contribution in [2.75, 3.05) is 19.6 Å². The van der Waals surface area contributed by atoms with Gasteiger partial charge >= 0.3 is 0 Å². The second-order valence-electron chi connectivity index (χ2n) is 5.23. The molecule has 102 valence electrons. The molecule has 1 heteroatoms. The number of rotatable bonds is 9. The molecular formula is C17H29N. The summed E-state index contributed by atoms with van der Waals surface area (Å²) < 4.78 is 0. The molecule has 0 saturated heterocycles. The fraction of sp³-hybridized carbons (Fsp3) is 0.647. The molecule has 1 nitrogen and oxygen atoms in total. The number of hydrogen-bond donors (Lipinski definition) is 0. The summed E-state index contributed by atoms with van der Waals surface area (Å²) >= 11 is 0. The van der Waals surface area contributed by atoms with Crippen LogP contribution in [-0.4, -0.2) is 24.5 Å². The molecule has 0 radical (unpaired) electrons. The van der Waals surface area contributed by atoms with Gasteiger partial charge in [0.1, 0.15) is 0 Å². The molecule has 0 amide bonds. The van der Waals surface area contributed by atoms with E-state index < -0.39 is 0 Å². The first-order chi connectivity index (χ1) is 8.77. The molecule has 0 saturated carbocycles. The molecule has 18 heavy (non-hydrogen) atoms. The number of unbranched alkanes of at least 4 members (excludes halogenated alkanes) is 2. The van der Waals surface area contributed by atoms with E-state index in [2.05, 4.69) is 49.9 Å². The molecule has 0 spiro atoms. The second-order valence-corrected chi connectivity index (χ2v) is 5.23. The zero-order valence-corrected chi connectivity index (χ0v) is 12.4. The summed E-state index contributed by atoms with van der Waals surface area (Å²) in [6.45, 7) is 10.5. The zero-order chi connectivity index (χ0) is 13.2. The molecule has 1 aromatic rings. The van der Waals surface area contributed by atoms with E-state index in [9.17, 15) is 0 Å². The van der Waals surface area contributed by atoms with Crippen molar-refractivity contribution < 1.29 is 0 Å². The quantitative estimate of drug-likeness (QED) is 0.623. The largest absolute Gasteiger partial charge is 0.303 e. The van der Waals surface area contributed by atoms with Crippen molar-refractivity contribution in [3.63, 3.8) is 0 Å². The van der Waals surface area contributed by atoms with Crippen LogP contribution in [0.1, 0.15) is 50.7 Å². The van der Waals surface area contributed by atoms with E-state index in [-0.39, 0.29) is 0 Å². The lowest BCUT2D eigenvalue weighted by atomic mass is 10.1. The Kier molecular flexibility index (Phi) is 7.75. The van der Waals surface area contributed by atoms with Gasteiger partial charge < -0.3 is 4.90 Å². The lowest BCUT2D eigenvalue weighted by Crippen LogP contribution is -2.28. The summed E-state index contributed by atoms with van der Waals surface area (Å²) in [4.78, 5) is 2.64. The Hall–Kier alpha value is -0.820. The van der Waals surface area contributed by atoms with Gasteiger partial charge in [0, 0.05) is 6.54 Å². The van der Waals surface area contributed by atoms with Crippen molar-refractivity contribution in [1.82, 2.24) is 4.90 Å². The second kappa shape index (κ2) is 9.16. The summed E-state index contributed by atoms with van der Waals surface area (Å²) in [7, 11) is 0. The highest BCUT2D eigenvalue weighted by Crippen LogP contribution is 2.09. The summed E-state index contributed by atoms with van der Waals surface area (Å²) in [5.41, 5.74) is 2.94. The van der Waals surface area contributed by atoms with Gasteiger partial charge in [0.25, 0.3) is 0 Å². The molecule has 0 bridgehead atoms. The Morgan fingerprint density at radius 3 is 2.06 bits per heavy atom. The minimum Gasteiger partial charge on any atom is -0.303 e. The Bertz CT molecular complexity index is 311. The molecule has 0 N–H and O–H groups in total. The lowest BCUT2D eigenvalue weighted by molar-refractivity contribution is 0.268. The van der Waals surface area contributed by atoms with Crippen LogP contribution in [0.25, 0.3) is 0 Å². The molecule has 1 rings (SSSR count). The molecular weight excluding hydrogens is 218 g/mol. The van der Waals surface area contributed by atoms with Crippen LogP contribution in [0, 0.1) is 6.92 Å². The van der Waals surface area contributed by atoms with Crippen LogP contribution in [0.5, 0.6) is 0 Å². The molecule has 1 aromatic carbocycles. The van der Waals surface area contributed by atoms with Crippen LogP contribution in [0.2, 0.25) is 0 Å². The molecule has 0 aliphatic rings. The number of benzene rings is 1. The number of hydrogen-bond acceptors (Lipinski definition) is 1. The third-order valence-corrected chi connectivity index (χ3v) is 3.61. The smallest absolute Gasteiger partial charge is 0.00219 e. The third-order valence-electron chi connectivity index (χ3n) is 3.61. The maximum absolute atomic E-state index is 2.64. The van der Waals surface area contributed by atoms with E-state index in [1.807, 2.05) is 0 Å². The van der Waals surface area contributed by atoms with E-state index in [1.54, 1.807) is 0 Å². The highest BCUT2D eigenvalue weighted by atomic mass is 15.1. The molecule has 0 aliphatic carbocycles. The summed E-state index contributed by atoms with van der Waals surface area (Å²) in [5.74, 6) is 0. The number of aryl methyl sites for hydroxylation is 1. The predicted octanol–water partition coefficient (Wildman–Crippen LogP) is 4.44. The molecule has 0 heterocycles. The van der Waals surface area contributed by atoms with Crippen molar-refractivity contribution in [2.45, 2.75) is 52.9 Å². The van der Waals surface area contributed by atoms with E-state index in [0.29, 0.717) is 0 Å². The first-order valence-corrected chi connectivity index (χ1v) is 7.54. The van der Waals surface area contributed by atoms with Crippen LogP contribution in [0.3, 0.4) is 0 Å². The number of nitrogens with zero attached hydrogens (tertiary/aromatic N) is 1. The Morgan fingerprint density at radius 2 is 1.50 bits per heavy atom. The Balaban J connectivity index is 2.42. The van der Waals surface area contributed by atoms with Gasteiger partial charge in [0.2, 0.25) is 0 Å². The first kappa shape index (κ1) is 15.2. The Labute approximate surface area is 113 Å². The molecule has 0 aromatic heterocycles. The monoisotopic (exact) mass is 247 g/mol. The summed E-state index contributed by atoms with van der Waals surface area (Å²) in [5, 5.41) is 0. The molecule has 0 unspecified atom stereocenters. The average Bonchev–Trinajstić information content (AvgIpc) is 2.39. The van der Waals surface area contributed by atoms with Crippen molar-refractivity contribution >= 4 is 0 Å². The van der Waals surface area contributed by atoms with Crippen molar-refractivity contribution in [2.24, 2.45) is 0 Å². The van der Waals surface area contributed by atoms with Gasteiger partial charge in [-0.15, -0.1) is 0 Å². The SMILES string of the molecule is CCCCN(CCCC)CCc1ccccc1C. The highest BCUT2D eigenvalue weighted by Gasteiger charge is 2.05. The fourth-order valence-corrected chi connectivity index (χ4v) is 2.27. The molecule has 0 atom stereocenters. The lowest BCUT2D eigenvalue weighted by Gasteiger charge is -2.22. The Morgan fingerprint density at radius 1 is 0.889 bits per heavy atom. The molecule has 0 aliphatic heterocycles.